The van der Waals surface area contributed by atoms with E-state index in [4.69, 9.17) is 10.5 Å². The largest absolute Gasteiger partial charge is 0.496 e. The second-order valence-corrected chi connectivity index (χ2v) is 3.59. The molecule has 0 aliphatic heterocycles. The molecular weight excluding hydrogens is 190 g/mol. The van der Waals surface area contributed by atoms with E-state index in [1.165, 1.54) is 5.56 Å². The first kappa shape index (κ1) is 12.0. The summed E-state index contributed by atoms with van der Waals surface area (Å²) in [5.41, 5.74) is 7.66. The third kappa shape index (κ3) is 3.22. The van der Waals surface area contributed by atoms with Crippen LogP contribution in [0.15, 0.2) is 18.2 Å². The molecule has 3 nitrogen and oxygen atoms in total. The summed E-state index contributed by atoms with van der Waals surface area (Å²) in [4.78, 5) is 0. The average molecular weight is 209 g/mol. The summed E-state index contributed by atoms with van der Waals surface area (Å²) in [5, 5.41) is 9.51. The molecule has 1 aromatic rings. The number of methoxy groups -OCH3 is 1. The Morgan fingerprint density at radius 3 is 2.73 bits per heavy atom. The van der Waals surface area contributed by atoms with Gasteiger partial charge in [0, 0.05) is 13.0 Å². The van der Waals surface area contributed by atoms with Gasteiger partial charge in [-0.3, -0.25) is 0 Å². The Bertz CT molecular complexity index is 312. The SMILES string of the molecule is CCc1ccc(OC)c(CC(O)CN)c1. The van der Waals surface area contributed by atoms with Crippen molar-refractivity contribution in [3.05, 3.63) is 29.3 Å². The highest BCUT2D eigenvalue weighted by Crippen LogP contribution is 2.21. The smallest absolute Gasteiger partial charge is 0.122 e. The number of rotatable bonds is 5. The molecule has 84 valence electrons. The van der Waals surface area contributed by atoms with Gasteiger partial charge in [-0.25, -0.2) is 0 Å². The second-order valence-electron chi connectivity index (χ2n) is 3.59. The van der Waals surface area contributed by atoms with Gasteiger partial charge in [0.05, 0.1) is 13.2 Å². The fourth-order valence-electron chi connectivity index (χ4n) is 1.55. The summed E-state index contributed by atoms with van der Waals surface area (Å²) in [6, 6.07) is 6.05. The van der Waals surface area contributed by atoms with E-state index in [0.717, 1.165) is 17.7 Å². The Morgan fingerprint density at radius 2 is 2.20 bits per heavy atom. The fraction of sp³-hybridized carbons (Fsp3) is 0.500. The van der Waals surface area contributed by atoms with Gasteiger partial charge < -0.3 is 15.6 Å². The van der Waals surface area contributed by atoms with Gasteiger partial charge in [0.15, 0.2) is 0 Å². The van der Waals surface area contributed by atoms with Crippen LogP contribution in [-0.4, -0.2) is 24.9 Å². The highest BCUT2D eigenvalue weighted by atomic mass is 16.5. The van der Waals surface area contributed by atoms with Crippen LogP contribution in [0.4, 0.5) is 0 Å². The summed E-state index contributed by atoms with van der Waals surface area (Å²) in [6.45, 7) is 2.38. The standard InChI is InChI=1S/C12H19NO2/c1-3-9-4-5-12(15-2)10(6-9)7-11(14)8-13/h4-6,11,14H,3,7-8,13H2,1-2H3. The fourth-order valence-corrected chi connectivity index (χ4v) is 1.55. The number of benzene rings is 1. The van der Waals surface area contributed by atoms with Crippen molar-refractivity contribution in [2.45, 2.75) is 25.9 Å². The monoisotopic (exact) mass is 209 g/mol. The van der Waals surface area contributed by atoms with Crippen LogP contribution in [0, 0.1) is 0 Å². The molecule has 3 N–H and O–H groups in total. The van der Waals surface area contributed by atoms with Crippen LogP contribution >= 0.6 is 0 Å². The van der Waals surface area contributed by atoms with Crippen molar-refractivity contribution in [3.8, 4) is 5.75 Å². The van der Waals surface area contributed by atoms with Crippen LogP contribution in [0.3, 0.4) is 0 Å². The first-order chi connectivity index (χ1) is 7.21. The van der Waals surface area contributed by atoms with Crippen molar-refractivity contribution >= 4 is 0 Å². The Balaban J connectivity index is 2.90. The Labute approximate surface area is 90.9 Å². The highest BCUT2D eigenvalue weighted by molar-refractivity contribution is 5.37. The van der Waals surface area contributed by atoms with Crippen molar-refractivity contribution < 1.29 is 9.84 Å². The molecule has 1 atom stereocenters. The molecular formula is C12H19NO2. The van der Waals surface area contributed by atoms with E-state index in [2.05, 4.69) is 13.0 Å². The molecule has 1 aromatic carbocycles. The van der Waals surface area contributed by atoms with Crippen LogP contribution in [-0.2, 0) is 12.8 Å². The molecule has 0 aliphatic rings. The summed E-state index contributed by atoms with van der Waals surface area (Å²) in [6.07, 6.45) is 1.04. The maximum absolute atomic E-state index is 9.51. The molecule has 1 unspecified atom stereocenters. The molecule has 1 rings (SSSR count). The van der Waals surface area contributed by atoms with Crippen molar-refractivity contribution in [1.29, 1.82) is 0 Å². The van der Waals surface area contributed by atoms with E-state index < -0.39 is 6.10 Å². The molecule has 0 radical (unpaired) electrons. The molecule has 0 heterocycles. The van der Waals surface area contributed by atoms with Gasteiger partial charge in [-0.2, -0.15) is 0 Å². The topological polar surface area (TPSA) is 55.5 Å². The summed E-state index contributed by atoms with van der Waals surface area (Å²) < 4.78 is 5.24. The molecule has 0 aliphatic carbocycles. The van der Waals surface area contributed by atoms with E-state index in [1.807, 2.05) is 12.1 Å². The minimum atomic E-state index is -0.494. The summed E-state index contributed by atoms with van der Waals surface area (Å²) in [5.74, 6) is 0.819. The van der Waals surface area contributed by atoms with Crippen molar-refractivity contribution in [2.75, 3.05) is 13.7 Å². The molecule has 0 saturated carbocycles. The van der Waals surface area contributed by atoms with Crippen molar-refractivity contribution in [3.63, 3.8) is 0 Å². The van der Waals surface area contributed by atoms with Gasteiger partial charge in [0.2, 0.25) is 0 Å². The number of hydrogen-bond acceptors (Lipinski definition) is 3. The van der Waals surface area contributed by atoms with E-state index in [0.29, 0.717) is 6.42 Å². The number of ether oxygens (including phenoxy) is 1. The van der Waals surface area contributed by atoms with E-state index >= 15 is 0 Å². The van der Waals surface area contributed by atoms with Gasteiger partial charge >= 0.3 is 0 Å². The predicted octanol–water partition coefficient (Wildman–Crippen LogP) is 1.12. The van der Waals surface area contributed by atoms with E-state index in [-0.39, 0.29) is 6.54 Å². The maximum Gasteiger partial charge on any atom is 0.122 e. The lowest BCUT2D eigenvalue weighted by Gasteiger charge is -2.13. The molecule has 15 heavy (non-hydrogen) atoms. The molecule has 0 aromatic heterocycles. The third-order valence-corrected chi connectivity index (χ3v) is 2.48. The third-order valence-electron chi connectivity index (χ3n) is 2.48. The second kappa shape index (κ2) is 5.73. The van der Waals surface area contributed by atoms with Gasteiger partial charge in [-0.05, 0) is 23.6 Å². The van der Waals surface area contributed by atoms with Crippen molar-refractivity contribution in [1.82, 2.24) is 0 Å². The predicted molar refractivity (Wildman–Crippen MR) is 61.1 cm³/mol. The normalized spacial score (nSPS) is 12.5. The molecule has 0 amide bonds. The summed E-state index contributed by atoms with van der Waals surface area (Å²) in [7, 11) is 1.64. The van der Waals surface area contributed by atoms with E-state index in [1.54, 1.807) is 7.11 Å². The lowest BCUT2D eigenvalue weighted by atomic mass is 10.0. The number of hydrogen-bond donors (Lipinski definition) is 2. The first-order valence-corrected chi connectivity index (χ1v) is 5.25. The van der Waals surface area contributed by atoms with Gasteiger partial charge in [0.1, 0.15) is 5.75 Å². The van der Waals surface area contributed by atoms with Crippen LogP contribution in [0.25, 0.3) is 0 Å². The molecule has 3 heteroatoms. The zero-order valence-electron chi connectivity index (χ0n) is 9.36. The average Bonchev–Trinajstić information content (AvgIpc) is 2.28. The quantitative estimate of drug-likeness (QED) is 0.764. The molecule has 0 fully saturated rings. The Hall–Kier alpha value is -1.06. The van der Waals surface area contributed by atoms with Crippen LogP contribution < -0.4 is 10.5 Å². The number of aliphatic hydroxyl groups is 1. The highest BCUT2D eigenvalue weighted by Gasteiger charge is 2.08. The number of nitrogens with two attached hydrogens (primary N) is 1. The Morgan fingerprint density at radius 1 is 1.47 bits per heavy atom. The van der Waals surface area contributed by atoms with Gasteiger partial charge in [-0.1, -0.05) is 19.1 Å². The van der Waals surface area contributed by atoms with Crippen LogP contribution in [0.2, 0.25) is 0 Å². The maximum atomic E-state index is 9.51. The van der Waals surface area contributed by atoms with Crippen LogP contribution in [0.1, 0.15) is 18.1 Å². The number of aliphatic hydroxyl groups excluding tert-OH is 1. The molecule has 0 bridgehead atoms. The van der Waals surface area contributed by atoms with Gasteiger partial charge in [-0.15, -0.1) is 0 Å². The summed E-state index contributed by atoms with van der Waals surface area (Å²) >= 11 is 0. The zero-order chi connectivity index (χ0) is 11.3. The van der Waals surface area contributed by atoms with E-state index in [9.17, 15) is 5.11 Å². The zero-order valence-corrected chi connectivity index (χ0v) is 9.36. The van der Waals surface area contributed by atoms with Crippen LogP contribution in [0.5, 0.6) is 5.75 Å². The minimum absolute atomic E-state index is 0.277. The lowest BCUT2D eigenvalue weighted by Crippen LogP contribution is -2.22. The van der Waals surface area contributed by atoms with Crippen molar-refractivity contribution in [2.24, 2.45) is 5.73 Å². The van der Waals surface area contributed by atoms with Gasteiger partial charge in [0.25, 0.3) is 0 Å². The minimum Gasteiger partial charge on any atom is -0.496 e. The lowest BCUT2D eigenvalue weighted by molar-refractivity contribution is 0.182. The Kier molecular flexibility index (Phi) is 4.59. The molecule has 0 spiro atoms. The first-order valence-electron chi connectivity index (χ1n) is 5.25. The number of aryl methyl sites for hydroxylation is 1. The molecule has 0 saturated heterocycles.